The first-order valence-corrected chi connectivity index (χ1v) is 5.75. The summed E-state index contributed by atoms with van der Waals surface area (Å²) < 4.78 is 0. The number of imidazole rings is 1. The van der Waals surface area contributed by atoms with E-state index in [1.807, 2.05) is 6.92 Å². The topological polar surface area (TPSA) is 82.7 Å². The van der Waals surface area contributed by atoms with Crippen LogP contribution in [0.1, 0.15) is 23.0 Å². The smallest absolute Gasteiger partial charge is 0.251 e. The fourth-order valence-corrected chi connectivity index (χ4v) is 1.51. The van der Waals surface area contributed by atoms with Gasteiger partial charge in [0.05, 0.1) is 18.6 Å². The highest BCUT2D eigenvalue weighted by Gasteiger charge is 2.06. The quantitative estimate of drug-likeness (QED) is 0.738. The number of pyridine rings is 1. The molecule has 94 valence electrons. The molecule has 18 heavy (non-hydrogen) atoms. The third-order valence-electron chi connectivity index (χ3n) is 2.37. The van der Waals surface area contributed by atoms with E-state index in [0.29, 0.717) is 17.9 Å². The van der Waals surface area contributed by atoms with Crippen LogP contribution in [0.5, 0.6) is 0 Å². The number of aromatic nitrogens is 3. The zero-order valence-corrected chi connectivity index (χ0v) is 10.1. The third kappa shape index (κ3) is 3.07. The summed E-state index contributed by atoms with van der Waals surface area (Å²) in [5.74, 6) is 0.567. The van der Waals surface area contributed by atoms with Gasteiger partial charge in [0.25, 0.3) is 5.91 Å². The third-order valence-corrected chi connectivity index (χ3v) is 2.37. The number of aromatic amines is 1. The number of amides is 1. The molecule has 0 saturated carbocycles. The van der Waals surface area contributed by atoms with Gasteiger partial charge in [0, 0.05) is 24.5 Å². The van der Waals surface area contributed by atoms with Gasteiger partial charge in [0.1, 0.15) is 5.82 Å². The number of carbonyl (C=O) groups is 1. The molecule has 2 heterocycles. The molecule has 2 aromatic heterocycles. The lowest BCUT2D eigenvalue weighted by Crippen LogP contribution is -2.23. The number of carbonyl (C=O) groups excluding carboxylic acids is 1. The summed E-state index contributed by atoms with van der Waals surface area (Å²) in [4.78, 5) is 22.8. The summed E-state index contributed by atoms with van der Waals surface area (Å²) in [5, 5.41) is 5.87. The van der Waals surface area contributed by atoms with Gasteiger partial charge in [0.15, 0.2) is 0 Å². The Labute approximate surface area is 105 Å². The van der Waals surface area contributed by atoms with Gasteiger partial charge in [-0.1, -0.05) is 0 Å². The van der Waals surface area contributed by atoms with Crippen molar-refractivity contribution in [1.29, 1.82) is 0 Å². The lowest BCUT2D eigenvalue weighted by atomic mass is 10.2. The van der Waals surface area contributed by atoms with Gasteiger partial charge < -0.3 is 15.6 Å². The molecule has 0 atom stereocenters. The molecule has 0 bridgehead atoms. The molecule has 0 aromatic carbocycles. The lowest BCUT2D eigenvalue weighted by Gasteiger charge is -2.06. The number of H-pyrrole nitrogens is 1. The number of nitrogens with zero attached hydrogens (tertiary/aromatic N) is 2. The molecule has 1 amide bonds. The zero-order chi connectivity index (χ0) is 12.8. The first-order valence-electron chi connectivity index (χ1n) is 5.75. The van der Waals surface area contributed by atoms with Crippen LogP contribution in [0.3, 0.4) is 0 Å². The predicted molar refractivity (Wildman–Crippen MR) is 68.2 cm³/mol. The van der Waals surface area contributed by atoms with Crippen molar-refractivity contribution in [2.24, 2.45) is 0 Å². The second-order valence-electron chi connectivity index (χ2n) is 3.72. The monoisotopic (exact) mass is 245 g/mol. The Balaban J connectivity index is 1.97. The lowest BCUT2D eigenvalue weighted by molar-refractivity contribution is 0.0950. The van der Waals surface area contributed by atoms with E-state index in [2.05, 4.69) is 25.6 Å². The van der Waals surface area contributed by atoms with Crippen LogP contribution in [0.15, 0.2) is 30.9 Å². The van der Waals surface area contributed by atoms with Crippen LogP contribution in [-0.4, -0.2) is 27.4 Å². The highest BCUT2D eigenvalue weighted by atomic mass is 16.1. The fourth-order valence-electron chi connectivity index (χ4n) is 1.51. The predicted octanol–water partition coefficient (Wildman–Crippen LogP) is 1.17. The summed E-state index contributed by atoms with van der Waals surface area (Å²) in [6, 6.07) is 3.41. The fraction of sp³-hybridized carbons (Fsp3) is 0.250. The van der Waals surface area contributed by atoms with E-state index in [1.165, 1.54) is 0 Å². The van der Waals surface area contributed by atoms with Gasteiger partial charge in [0.2, 0.25) is 0 Å². The van der Waals surface area contributed by atoms with Gasteiger partial charge >= 0.3 is 0 Å². The maximum absolute atomic E-state index is 11.9. The van der Waals surface area contributed by atoms with Gasteiger partial charge in [-0.25, -0.2) is 9.97 Å². The first kappa shape index (κ1) is 12.1. The minimum Gasteiger partial charge on any atom is -0.370 e. The second kappa shape index (κ2) is 5.81. The largest absolute Gasteiger partial charge is 0.370 e. The van der Waals surface area contributed by atoms with E-state index in [1.54, 1.807) is 30.9 Å². The number of anilines is 1. The van der Waals surface area contributed by atoms with E-state index >= 15 is 0 Å². The van der Waals surface area contributed by atoms with Gasteiger partial charge in [-0.05, 0) is 19.1 Å². The summed E-state index contributed by atoms with van der Waals surface area (Å²) in [6.45, 7) is 3.18. The van der Waals surface area contributed by atoms with Crippen molar-refractivity contribution in [2.75, 3.05) is 11.9 Å². The summed E-state index contributed by atoms with van der Waals surface area (Å²) in [7, 11) is 0. The minimum absolute atomic E-state index is 0.133. The zero-order valence-electron chi connectivity index (χ0n) is 10.1. The van der Waals surface area contributed by atoms with Crippen molar-refractivity contribution < 1.29 is 4.79 Å². The Morgan fingerprint density at radius 2 is 2.39 bits per heavy atom. The molecule has 0 unspecified atom stereocenters. The minimum atomic E-state index is -0.133. The Hall–Kier alpha value is -2.37. The molecule has 2 rings (SSSR count). The molecule has 0 radical (unpaired) electrons. The SMILES string of the molecule is CCNc1cc(C(=O)NCc2cnc[nH]2)ccn1. The average Bonchev–Trinajstić information content (AvgIpc) is 2.90. The van der Waals surface area contributed by atoms with E-state index in [-0.39, 0.29) is 5.91 Å². The second-order valence-corrected chi connectivity index (χ2v) is 3.72. The van der Waals surface area contributed by atoms with E-state index in [9.17, 15) is 4.79 Å². The van der Waals surface area contributed by atoms with Crippen LogP contribution in [0.2, 0.25) is 0 Å². The van der Waals surface area contributed by atoms with Crippen LogP contribution in [-0.2, 0) is 6.54 Å². The molecule has 0 spiro atoms. The van der Waals surface area contributed by atoms with E-state index < -0.39 is 0 Å². The van der Waals surface area contributed by atoms with Crippen molar-refractivity contribution in [3.05, 3.63) is 42.1 Å². The normalized spacial score (nSPS) is 10.1. The van der Waals surface area contributed by atoms with Gasteiger partial charge in [-0.2, -0.15) is 0 Å². The number of rotatable bonds is 5. The number of nitrogens with one attached hydrogen (secondary N) is 3. The molecule has 0 saturated heterocycles. The van der Waals surface area contributed by atoms with Crippen LogP contribution >= 0.6 is 0 Å². The average molecular weight is 245 g/mol. The Bertz CT molecular complexity index is 509. The van der Waals surface area contributed by atoms with Crippen LogP contribution in [0.4, 0.5) is 5.82 Å². The molecular formula is C12H15N5O. The van der Waals surface area contributed by atoms with E-state index in [4.69, 9.17) is 0 Å². The molecule has 2 aromatic rings. The maximum atomic E-state index is 11.9. The van der Waals surface area contributed by atoms with Crippen molar-refractivity contribution in [1.82, 2.24) is 20.3 Å². The summed E-state index contributed by atoms with van der Waals surface area (Å²) in [5.41, 5.74) is 1.45. The summed E-state index contributed by atoms with van der Waals surface area (Å²) in [6.07, 6.45) is 4.87. The molecule has 6 nitrogen and oxygen atoms in total. The molecule has 0 aliphatic rings. The van der Waals surface area contributed by atoms with Crippen molar-refractivity contribution in [3.8, 4) is 0 Å². The Kier molecular flexibility index (Phi) is 3.90. The molecule has 0 aliphatic heterocycles. The molecular weight excluding hydrogens is 230 g/mol. The van der Waals surface area contributed by atoms with Crippen LogP contribution in [0.25, 0.3) is 0 Å². The molecule has 3 N–H and O–H groups in total. The number of hydrogen-bond acceptors (Lipinski definition) is 4. The Morgan fingerprint density at radius 1 is 1.50 bits per heavy atom. The Morgan fingerprint density at radius 3 is 3.11 bits per heavy atom. The van der Waals surface area contributed by atoms with Crippen molar-refractivity contribution >= 4 is 11.7 Å². The van der Waals surface area contributed by atoms with Crippen LogP contribution in [0, 0.1) is 0 Å². The molecule has 0 aliphatic carbocycles. The highest BCUT2D eigenvalue weighted by molar-refractivity contribution is 5.94. The molecule has 0 fully saturated rings. The standard InChI is InChI=1S/C12H15N5O/c1-2-14-11-5-9(3-4-15-11)12(18)16-7-10-6-13-8-17-10/h3-6,8H,2,7H2,1H3,(H,13,17)(H,14,15)(H,16,18). The van der Waals surface area contributed by atoms with Crippen molar-refractivity contribution in [2.45, 2.75) is 13.5 Å². The van der Waals surface area contributed by atoms with Gasteiger partial charge in [-0.3, -0.25) is 4.79 Å². The highest BCUT2D eigenvalue weighted by Crippen LogP contribution is 2.06. The van der Waals surface area contributed by atoms with E-state index in [0.717, 1.165) is 12.2 Å². The molecule has 6 heteroatoms. The maximum Gasteiger partial charge on any atom is 0.251 e. The van der Waals surface area contributed by atoms with Crippen LogP contribution < -0.4 is 10.6 Å². The number of hydrogen-bond donors (Lipinski definition) is 3. The van der Waals surface area contributed by atoms with Crippen molar-refractivity contribution in [3.63, 3.8) is 0 Å². The van der Waals surface area contributed by atoms with Gasteiger partial charge in [-0.15, -0.1) is 0 Å². The summed E-state index contributed by atoms with van der Waals surface area (Å²) >= 11 is 0. The first-order chi connectivity index (χ1) is 8.79.